The molecule has 0 spiro atoms. The van der Waals surface area contributed by atoms with E-state index in [1.165, 1.54) is 12.8 Å². The Morgan fingerprint density at radius 2 is 1.76 bits per heavy atom. The van der Waals surface area contributed by atoms with E-state index in [1.54, 1.807) is 6.20 Å². The lowest BCUT2D eigenvalue weighted by molar-refractivity contribution is 0.0303. The molecular formula is C25H30N6O3. The van der Waals surface area contributed by atoms with E-state index in [1.807, 2.05) is 39.8 Å². The molecule has 1 amide bonds. The Bertz CT molecular complexity index is 1230. The predicted molar refractivity (Wildman–Crippen MR) is 129 cm³/mol. The summed E-state index contributed by atoms with van der Waals surface area (Å²) >= 11 is 0. The van der Waals surface area contributed by atoms with Crippen molar-refractivity contribution in [3.63, 3.8) is 0 Å². The van der Waals surface area contributed by atoms with Crippen LogP contribution in [0.4, 0.5) is 11.5 Å². The minimum atomic E-state index is -0.168. The Kier molecular flexibility index (Phi) is 5.58. The highest BCUT2D eigenvalue weighted by Gasteiger charge is 2.33. The molecule has 3 aromatic rings. The van der Waals surface area contributed by atoms with Crippen LogP contribution in [-0.4, -0.2) is 75.5 Å². The van der Waals surface area contributed by atoms with Gasteiger partial charge in [0, 0.05) is 48.7 Å². The molecule has 9 heteroatoms. The van der Waals surface area contributed by atoms with Crippen molar-refractivity contribution in [3.8, 4) is 0 Å². The summed E-state index contributed by atoms with van der Waals surface area (Å²) in [5.41, 5.74) is 1.79. The molecule has 1 aromatic carbocycles. The number of rotatable bonds is 5. The second-order valence-electron chi connectivity index (χ2n) is 9.47. The Morgan fingerprint density at radius 1 is 1.03 bits per heavy atom. The molecule has 1 saturated carbocycles. The van der Waals surface area contributed by atoms with Gasteiger partial charge in [-0.05, 0) is 63.0 Å². The molecule has 0 atom stereocenters. The number of amides is 1. The van der Waals surface area contributed by atoms with E-state index in [0.29, 0.717) is 49.1 Å². The smallest absolute Gasteiger partial charge is 0.276 e. The first kappa shape index (κ1) is 21.4. The maximum Gasteiger partial charge on any atom is 0.276 e. The van der Waals surface area contributed by atoms with Gasteiger partial charge >= 0.3 is 0 Å². The van der Waals surface area contributed by atoms with Gasteiger partial charge in [-0.25, -0.2) is 4.98 Å². The summed E-state index contributed by atoms with van der Waals surface area (Å²) in [5.74, 6) is 1.83. The number of ether oxygens (including phenoxy) is 1. The molecule has 0 bridgehead atoms. The van der Waals surface area contributed by atoms with Crippen molar-refractivity contribution < 1.29 is 9.53 Å². The van der Waals surface area contributed by atoms with Gasteiger partial charge in [0.05, 0.1) is 13.2 Å². The van der Waals surface area contributed by atoms with E-state index < -0.39 is 0 Å². The van der Waals surface area contributed by atoms with E-state index in [2.05, 4.69) is 15.2 Å². The molecular weight excluding hydrogens is 432 g/mol. The standard InChI is InChI=1S/C25H30N6O3/c32-24-21-22(27-19-3-1-18(2-4-19)25(33)30-13-15-34-16-14-30)28-23(31(21)12-9-26-24)17-7-10-29(11-8-17)20-5-6-20/h1-4,9,12,17,20,27H,5-8,10-11,13-16H2,(H,26,32). The molecule has 0 radical (unpaired) electrons. The normalized spacial score (nSPS) is 20.1. The molecule has 6 rings (SSSR count). The molecule has 34 heavy (non-hydrogen) atoms. The molecule has 2 saturated heterocycles. The number of hydrogen-bond donors (Lipinski definition) is 2. The van der Waals surface area contributed by atoms with Crippen molar-refractivity contribution in [3.05, 3.63) is 58.4 Å². The van der Waals surface area contributed by atoms with Gasteiger partial charge < -0.3 is 24.8 Å². The van der Waals surface area contributed by atoms with Crippen LogP contribution in [0.3, 0.4) is 0 Å². The summed E-state index contributed by atoms with van der Waals surface area (Å²) in [6.07, 6.45) is 8.34. The Balaban J connectivity index is 1.23. The number of fused-ring (bicyclic) bond motifs is 1. The third-order valence-electron chi connectivity index (χ3n) is 7.24. The number of imidazole rings is 1. The van der Waals surface area contributed by atoms with Crippen LogP contribution < -0.4 is 10.9 Å². The van der Waals surface area contributed by atoms with Crippen LogP contribution in [-0.2, 0) is 4.74 Å². The van der Waals surface area contributed by atoms with E-state index in [-0.39, 0.29) is 11.5 Å². The van der Waals surface area contributed by atoms with Gasteiger partial charge in [-0.3, -0.25) is 14.0 Å². The SMILES string of the molecule is O=C(c1ccc(Nc2nc(C3CCN(C4CC4)CC3)n3cc[nH]c(=O)c23)cc1)N1CCOCC1. The summed E-state index contributed by atoms with van der Waals surface area (Å²) < 4.78 is 7.28. The van der Waals surface area contributed by atoms with Crippen LogP contribution in [0.2, 0.25) is 0 Å². The quantitative estimate of drug-likeness (QED) is 0.605. The Labute approximate surface area is 197 Å². The maximum atomic E-state index is 12.7. The largest absolute Gasteiger partial charge is 0.378 e. The molecule has 4 heterocycles. The number of anilines is 2. The zero-order valence-electron chi connectivity index (χ0n) is 19.2. The first-order valence-corrected chi connectivity index (χ1v) is 12.2. The van der Waals surface area contributed by atoms with Gasteiger partial charge in [-0.2, -0.15) is 0 Å². The minimum Gasteiger partial charge on any atom is -0.378 e. The number of hydrogen-bond acceptors (Lipinski definition) is 6. The Morgan fingerprint density at radius 3 is 2.47 bits per heavy atom. The molecule has 0 unspecified atom stereocenters. The highest BCUT2D eigenvalue weighted by molar-refractivity contribution is 5.94. The number of aromatic nitrogens is 3. The fraction of sp³-hybridized carbons (Fsp3) is 0.480. The van der Waals surface area contributed by atoms with Crippen LogP contribution in [0.15, 0.2) is 41.5 Å². The third-order valence-corrected chi connectivity index (χ3v) is 7.24. The number of nitrogens with zero attached hydrogens (tertiary/aromatic N) is 4. The number of carbonyl (C=O) groups is 1. The molecule has 3 fully saturated rings. The molecule has 9 nitrogen and oxygen atoms in total. The van der Waals surface area contributed by atoms with Gasteiger partial charge in [0.1, 0.15) is 5.82 Å². The van der Waals surface area contributed by atoms with Gasteiger partial charge in [-0.15, -0.1) is 0 Å². The highest BCUT2D eigenvalue weighted by Crippen LogP contribution is 2.35. The van der Waals surface area contributed by atoms with Crippen molar-refractivity contribution in [2.75, 3.05) is 44.7 Å². The average Bonchev–Trinajstić information content (AvgIpc) is 3.67. The van der Waals surface area contributed by atoms with Crippen molar-refractivity contribution in [1.29, 1.82) is 0 Å². The predicted octanol–water partition coefficient (Wildman–Crippen LogP) is 2.58. The fourth-order valence-electron chi connectivity index (χ4n) is 5.19. The van der Waals surface area contributed by atoms with E-state index in [0.717, 1.165) is 43.5 Å². The lowest BCUT2D eigenvalue weighted by Gasteiger charge is -2.31. The number of piperidine rings is 1. The number of aromatic amines is 1. The monoisotopic (exact) mass is 462 g/mol. The van der Waals surface area contributed by atoms with Gasteiger partial charge in [-0.1, -0.05) is 0 Å². The molecule has 3 aliphatic rings. The minimum absolute atomic E-state index is 0.0126. The van der Waals surface area contributed by atoms with Crippen LogP contribution >= 0.6 is 0 Å². The van der Waals surface area contributed by atoms with Crippen molar-refractivity contribution >= 4 is 22.9 Å². The molecule has 178 valence electrons. The average molecular weight is 463 g/mol. The van der Waals surface area contributed by atoms with Crippen LogP contribution in [0, 0.1) is 0 Å². The number of nitrogens with one attached hydrogen (secondary N) is 2. The summed E-state index contributed by atoms with van der Waals surface area (Å²) in [7, 11) is 0. The highest BCUT2D eigenvalue weighted by atomic mass is 16.5. The second-order valence-corrected chi connectivity index (χ2v) is 9.47. The zero-order valence-corrected chi connectivity index (χ0v) is 19.2. The van der Waals surface area contributed by atoms with E-state index >= 15 is 0 Å². The number of likely N-dealkylation sites (tertiary alicyclic amines) is 1. The lowest BCUT2D eigenvalue weighted by Crippen LogP contribution is -2.40. The zero-order chi connectivity index (χ0) is 23.1. The van der Waals surface area contributed by atoms with Crippen LogP contribution in [0.5, 0.6) is 0 Å². The number of carbonyl (C=O) groups excluding carboxylic acids is 1. The number of morpholine rings is 1. The number of benzene rings is 1. The Hall–Kier alpha value is -3.17. The molecule has 2 N–H and O–H groups in total. The first-order chi connectivity index (χ1) is 16.7. The second kappa shape index (κ2) is 8.88. The van der Waals surface area contributed by atoms with E-state index in [9.17, 15) is 9.59 Å². The van der Waals surface area contributed by atoms with E-state index in [4.69, 9.17) is 9.72 Å². The van der Waals surface area contributed by atoms with Gasteiger partial charge in [0.2, 0.25) is 0 Å². The lowest BCUT2D eigenvalue weighted by atomic mass is 9.96. The van der Waals surface area contributed by atoms with Crippen molar-refractivity contribution in [2.24, 2.45) is 0 Å². The number of H-pyrrole nitrogens is 1. The fourth-order valence-corrected chi connectivity index (χ4v) is 5.19. The summed E-state index contributed by atoms with van der Waals surface area (Å²) in [5, 5.41) is 3.32. The molecule has 2 aromatic heterocycles. The van der Waals surface area contributed by atoms with Crippen LogP contribution in [0.25, 0.3) is 5.52 Å². The topological polar surface area (TPSA) is 95.0 Å². The third kappa shape index (κ3) is 4.10. The summed E-state index contributed by atoms with van der Waals surface area (Å²) in [4.78, 5) is 37.6. The summed E-state index contributed by atoms with van der Waals surface area (Å²) in [6.45, 7) is 4.57. The first-order valence-electron chi connectivity index (χ1n) is 12.2. The van der Waals surface area contributed by atoms with Gasteiger partial charge in [0.15, 0.2) is 11.3 Å². The van der Waals surface area contributed by atoms with Crippen molar-refractivity contribution in [1.82, 2.24) is 24.2 Å². The van der Waals surface area contributed by atoms with Gasteiger partial charge in [0.25, 0.3) is 11.5 Å². The van der Waals surface area contributed by atoms with Crippen molar-refractivity contribution in [2.45, 2.75) is 37.6 Å². The summed E-state index contributed by atoms with van der Waals surface area (Å²) in [6, 6.07) is 8.15. The molecule has 1 aliphatic carbocycles. The maximum absolute atomic E-state index is 12.7. The van der Waals surface area contributed by atoms with Crippen LogP contribution in [0.1, 0.15) is 47.8 Å². The molecule has 2 aliphatic heterocycles.